The van der Waals surface area contributed by atoms with E-state index >= 15 is 0 Å². The molecule has 0 amide bonds. The average Bonchev–Trinajstić information content (AvgIpc) is 3.08. The van der Waals surface area contributed by atoms with Crippen molar-refractivity contribution in [3.05, 3.63) is 60.5 Å². The molecule has 0 aliphatic carbocycles. The van der Waals surface area contributed by atoms with Crippen LogP contribution in [0.3, 0.4) is 0 Å². The third kappa shape index (κ3) is 4.88. The average molecular weight is 382 g/mol. The van der Waals surface area contributed by atoms with E-state index in [1.54, 1.807) is 24.5 Å². The zero-order valence-corrected chi connectivity index (χ0v) is 16.2. The number of para-hydroxylation sites is 1. The van der Waals surface area contributed by atoms with Crippen LogP contribution >= 0.6 is 0 Å². The number of aliphatic imine (C=N–C) groups is 1. The standard InChI is InChI=1S/C21H23FN4O2/c1-25(2)15-23-17-8-9-20-16(12-17)10-11-26(20)13-18(24-27-3)14-28-21-7-5-4-6-19(21)22/h4-12,15H,13-14H2,1-3H3. The molecule has 1 aromatic heterocycles. The zero-order chi connectivity index (χ0) is 19.9. The molecule has 0 atom stereocenters. The van der Waals surface area contributed by atoms with Gasteiger partial charge in [-0.3, -0.25) is 0 Å². The summed E-state index contributed by atoms with van der Waals surface area (Å²) in [4.78, 5) is 11.2. The second kappa shape index (κ2) is 9.03. The monoisotopic (exact) mass is 382 g/mol. The van der Waals surface area contributed by atoms with Crippen molar-refractivity contribution in [1.82, 2.24) is 9.47 Å². The van der Waals surface area contributed by atoms with Gasteiger partial charge >= 0.3 is 0 Å². The van der Waals surface area contributed by atoms with E-state index in [0.717, 1.165) is 16.6 Å². The lowest BCUT2D eigenvalue weighted by molar-refractivity contribution is 0.208. The summed E-state index contributed by atoms with van der Waals surface area (Å²) in [6.45, 7) is 0.589. The van der Waals surface area contributed by atoms with E-state index in [9.17, 15) is 4.39 Å². The Morgan fingerprint density at radius 1 is 1.18 bits per heavy atom. The Balaban J connectivity index is 1.75. The van der Waals surface area contributed by atoms with Gasteiger partial charge in [-0.2, -0.15) is 0 Å². The molecule has 6 nitrogen and oxygen atoms in total. The summed E-state index contributed by atoms with van der Waals surface area (Å²) in [5.41, 5.74) is 2.56. The van der Waals surface area contributed by atoms with Gasteiger partial charge in [0.05, 0.1) is 18.6 Å². The van der Waals surface area contributed by atoms with Gasteiger partial charge in [-0.05, 0) is 36.4 Å². The van der Waals surface area contributed by atoms with Crippen LogP contribution in [0.15, 0.2) is 64.9 Å². The lowest BCUT2D eigenvalue weighted by atomic mass is 10.2. The Bertz CT molecular complexity index is 995. The van der Waals surface area contributed by atoms with Crippen LogP contribution in [-0.2, 0) is 11.4 Å². The first-order valence-corrected chi connectivity index (χ1v) is 8.82. The normalized spacial score (nSPS) is 11.9. The molecule has 7 heteroatoms. The fraction of sp³-hybridized carbons (Fsp3) is 0.238. The molecule has 0 N–H and O–H groups in total. The Morgan fingerprint density at radius 3 is 2.75 bits per heavy atom. The Morgan fingerprint density at radius 2 is 2.00 bits per heavy atom. The second-order valence-corrected chi connectivity index (χ2v) is 6.45. The highest BCUT2D eigenvalue weighted by Gasteiger charge is 2.09. The number of oxime groups is 1. The molecule has 0 aliphatic heterocycles. The molecule has 28 heavy (non-hydrogen) atoms. The fourth-order valence-electron chi connectivity index (χ4n) is 2.74. The number of rotatable bonds is 8. The maximum absolute atomic E-state index is 13.7. The van der Waals surface area contributed by atoms with Crippen LogP contribution in [0.2, 0.25) is 0 Å². The molecule has 146 valence electrons. The Labute approximate surface area is 163 Å². The maximum Gasteiger partial charge on any atom is 0.165 e. The summed E-state index contributed by atoms with van der Waals surface area (Å²) in [6.07, 6.45) is 3.74. The minimum atomic E-state index is -0.406. The molecule has 3 rings (SSSR count). The highest BCUT2D eigenvalue weighted by Crippen LogP contribution is 2.22. The molecule has 0 fully saturated rings. The number of ether oxygens (including phenoxy) is 1. The summed E-state index contributed by atoms with van der Waals surface area (Å²) >= 11 is 0. The highest BCUT2D eigenvalue weighted by molar-refractivity contribution is 5.89. The van der Waals surface area contributed by atoms with Gasteiger partial charge in [0.1, 0.15) is 19.4 Å². The number of fused-ring (bicyclic) bond motifs is 1. The second-order valence-electron chi connectivity index (χ2n) is 6.45. The maximum atomic E-state index is 13.7. The summed E-state index contributed by atoms with van der Waals surface area (Å²) in [5.74, 6) is -0.219. The smallest absolute Gasteiger partial charge is 0.165 e. The Hall–Kier alpha value is -3.35. The number of hydrogen-bond donors (Lipinski definition) is 0. The summed E-state index contributed by atoms with van der Waals surface area (Å²) in [6, 6.07) is 14.3. The first-order chi connectivity index (χ1) is 13.6. The van der Waals surface area contributed by atoms with E-state index < -0.39 is 5.82 Å². The van der Waals surface area contributed by atoms with Crippen molar-refractivity contribution in [2.75, 3.05) is 27.8 Å². The van der Waals surface area contributed by atoms with Crippen molar-refractivity contribution >= 4 is 28.6 Å². The third-order valence-electron chi connectivity index (χ3n) is 4.00. The van der Waals surface area contributed by atoms with Crippen molar-refractivity contribution in [2.45, 2.75) is 6.54 Å². The molecular weight excluding hydrogens is 359 g/mol. The van der Waals surface area contributed by atoms with Gasteiger partial charge in [-0.25, -0.2) is 9.38 Å². The van der Waals surface area contributed by atoms with Crippen molar-refractivity contribution < 1.29 is 14.0 Å². The molecule has 0 bridgehead atoms. The molecular formula is C21H23FN4O2. The molecule has 0 unspecified atom stereocenters. The minimum Gasteiger partial charge on any atom is -0.484 e. The molecule has 0 aliphatic rings. The van der Waals surface area contributed by atoms with Crippen molar-refractivity contribution in [2.24, 2.45) is 10.1 Å². The van der Waals surface area contributed by atoms with Crippen LogP contribution < -0.4 is 4.74 Å². The van der Waals surface area contributed by atoms with E-state index in [0.29, 0.717) is 12.3 Å². The molecule has 1 heterocycles. The van der Waals surface area contributed by atoms with Gasteiger partial charge in [-0.1, -0.05) is 17.3 Å². The quantitative estimate of drug-likeness (QED) is 0.335. The van der Waals surface area contributed by atoms with Crippen molar-refractivity contribution in [3.8, 4) is 5.75 Å². The number of aromatic nitrogens is 1. The van der Waals surface area contributed by atoms with Crippen molar-refractivity contribution in [3.63, 3.8) is 0 Å². The predicted molar refractivity (Wildman–Crippen MR) is 110 cm³/mol. The summed E-state index contributed by atoms with van der Waals surface area (Å²) in [5, 5.41) is 5.11. The number of nitrogens with zero attached hydrogens (tertiary/aromatic N) is 4. The summed E-state index contributed by atoms with van der Waals surface area (Å²) in [7, 11) is 5.34. The third-order valence-corrected chi connectivity index (χ3v) is 4.00. The van der Waals surface area contributed by atoms with Gasteiger partial charge in [0, 0.05) is 31.2 Å². The van der Waals surface area contributed by atoms with Crippen LogP contribution in [0, 0.1) is 5.82 Å². The first-order valence-electron chi connectivity index (χ1n) is 8.82. The van der Waals surface area contributed by atoms with Gasteiger partial charge < -0.3 is 19.0 Å². The van der Waals surface area contributed by atoms with Gasteiger partial charge in [0.2, 0.25) is 0 Å². The molecule has 3 aromatic rings. The van der Waals surface area contributed by atoms with Gasteiger partial charge in [0.15, 0.2) is 11.6 Å². The lowest BCUT2D eigenvalue weighted by Gasteiger charge is -2.11. The van der Waals surface area contributed by atoms with Crippen LogP contribution in [0.1, 0.15) is 0 Å². The molecule has 0 saturated heterocycles. The van der Waals surface area contributed by atoms with E-state index in [1.165, 1.54) is 13.2 Å². The van der Waals surface area contributed by atoms with Gasteiger partial charge in [-0.15, -0.1) is 0 Å². The predicted octanol–water partition coefficient (Wildman–Crippen LogP) is 4.08. The number of hydrogen-bond acceptors (Lipinski definition) is 4. The highest BCUT2D eigenvalue weighted by atomic mass is 19.1. The topological polar surface area (TPSA) is 51.4 Å². The SMILES string of the molecule is CON=C(COc1ccccc1F)Cn1ccc2cc(N=CN(C)C)ccc21. The zero-order valence-electron chi connectivity index (χ0n) is 16.2. The van der Waals surface area contributed by atoms with Crippen LogP contribution in [0.25, 0.3) is 10.9 Å². The van der Waals surface area contributed by atoms with E-state index in [-0.39, 0.29) is 12.4 Å². The fourth-order valence-corrected chi connectivity index (χ4v) is 2.74. The molecule has 2 aromatic carbocycles. The van der Waals surface area contributed by atoms with Gasteiger partial charge in [0.25, 0.3) is 0 Å². The van der Waals surface area contributed by atoms with Crippen LogP contribution in [0.4, 0.5) is 10.1 Å². The molecule has 0 radical (unpaired) electrons. The van der Waals surface area contributed by atoms with E-state index in [4.69, 9.17) is 9.57 Å². The van der Waals surface area contributed by atoms with Crippen LogP contribution in [0.5, 0.6) is 5.75 Å². The van der Waals surface area contributed by atoms with E-state index in [1.807, 2.05) is 54.0 Å². The molecule has 0 saturated carbocycles. The number of benzene rings is 2. The van der Waals surface area contributed by atoms with Crippen LogP contribution in [-0.4, -0.2) is 49.3 Å². The van der Waals surface area contributed by atoms with E-state index in [2.05, 4.69) is 10.1 Å². The Kier molecular flexibility index (Phi) is 6.26. The minimum absolute atomic E-state index is 0.125. The largest absolute Gasteiger partial charge is 0.484 e. The molecule has 0 spiro atoms. The van der Waals surface area contributed by atoms with Crippen molar-refractivity contribution in [1.29, 1.82) is 0 Å². The first kappa shape index (κ1) is 19.4. The lowest BCUT2D eigenvalue weighted by Crippen LogP contribution is -2.18. The summed E-state index contributed by atoms with van der Waals surface area (Å²) < 4.78 is 21.3. The number of halogens is 1.